The van der Waals surface area contributed by atoms with E-state index in [1.165, 1.54) is 24.6 Å². The van der Waals surface area contributed by atoms with Gasteiger partial charge < -0.3 is 4.74 Å². The van der Waals surface area contributed by atoms with Gasteiger partial charge in [-0.1, -0.05) is 45.2 Å². The van der Waals surface area contributed by atoms with Gasteiger partial charge in [0.2, 0.25) is 0 Å². The van der Waals surface area contributed by atoms with Crippen LogP contribution in [0.15, 0.2) is 30.3 Å². The second-order valence-electron chi connectivity index (χ2n) is 4.93. The van der Waals surface area contributed by atoms with Crippen LogP contribution in [-0.2, 0) is 9.53 Å². The van der Waals surface area contributed by atoms with Crippen LogP contribution < -0.4 is 0 Å². The number of esters is 1. The zero-order valence-electron chi connectivity index (χ0n) is 12.3. The van der Waals surface area contributed by atoms with Crippen molar-refractivity contribution in [3.63, 3.8) is 0 Å². The molecule has 0 radical (unpaired) electrons. The molecule has 0 bridgehead atoms. The number of benzene rings is 1. The molecule has 0 fully saturated rings. The van der Waals surface area contributed by atoms with Crippen molar-refractivity contribution in [1.29, 1.82) is 0 Å². The van der Waals surface area contributed by atoms with E-state index in [4.69, 9.17) is 4.74 Å². The highest BCUT2D eigenvalue weighted by atomic mass is 19.1. The smallest absolute Gasteiger partial charge is 0.330 e. The zero-order valence-corrected chi connectivity index (χ0v) is 12.3. The molecule has 110 valence electrons. The highest BCUT2D eigenvalue weighted by molar-refractivity contribution is 5.87. The fourth-order valence-electron chi connectivity index (χ4n) is 1.88. The molecule has 0 aliphatic rings. The van der Waals surface area contributed by atoms with Crippen molar-refractivity contribution in [3.05, 3.63) is 41.7 Å². The Hall–Kier alpha value is -1.64. The van der Waals surface area contributed by atoms with Gasteiger partial charge in [-0.3, -0.25) is 0 Å². The summed E-state index contributed by atoms with van der Waals surface area (Å²) in [5.74, 6) is -0.186. The first-order valence-electron chi connectivity index (χ1n) is 7.26. The summed E-state index contributed by atoms with van der Waals surface area (Å²) in [7, 11) is 0. The Morgan fingerprint density at radius 1 is 1.30 bits per heavy atom. The molecule has 0 aliphatic heterocycles. The van der Waals surface area contributed by atoms with Gasteiger partial charge in [-0.2, -0.15) is 0 Å². The van der Waals surface area contributed by atoms with Crippen molar-refractivity contribution in [1.82, 2.24) is 0 Å². The van der Waals surface area contributed by atoms with Crippen molar-refractivity contribution < 1.29 is 13.9 Å². The third-order valence-corrected chi connectivity index (χ3v) is 3.29. The van der Waals surface area contributed by atoms with Gasteiger partial charge in [0.15, 0.2) is 0 Å². The quantitative estimate of drug-likeness (QED) is 0.513. The lowest BCUT2D eigenvalue weighted by Gasteiger charge is -2.13. The predicted molar refractivity (Wildman–Crippen MR) is 79.7 cm³/mol. The predicted octanol–water partition coefficient (Wildman–Crippen LogP) is 4.60. The topological polar surface area (TPSA) is 26.3 Å². The van der Waals surface area contributed by atoms with Crippen LogP contribution in [0.25, 0.3) is 6.08 Å². The van der Waals surface area contributed by atoms with Crippen molar-refractivity contribution in [2.45, 2.75) is 39.5 Å². The standard InChI is InChI=1S/C17H23FO2/c1-3-5-6-14(4-2)13-20-17(19)12-9-15-7-10-16(18)11-8-15/h7-12,14H,3-6,13H2,1-2H3/b12-9+. The number of rotatable bonds is 8. The molecule has 1 rings (SSSR count). The lowest BCUT2D eigenvalue weighted by molar-refractivity contribution is -0.139. The normalized spacial score (nSPS) is 12.6. The van der Waals surface area contributed by atoms with Crippen LogP contribution in [0, 0.1) is 11.7 Å². The molecule has 0 heterocycles. The summed E-state index contributed by atoms with van der Waals surface area (Å²) in [5, 5.41) is 0. The van der Waals surface area contributed by atoms with Crippen LogP contribution in [0.2, 0.25) is 0 Å². The highest BCUT2D eigenvalue weighted by Gasteiger charge is 2.08. The Balaban J connectivity index is 2.37. The van der Waals surface area contributed by atoms with E-state index in [0.29, 0.717) is 12.5 Å². The van der Waals surface area contributed by atoms with E-state index in [0.717, 1.165) is 24.8 Å². The average molecular weight is 278 g/mol. The summed E-state index contributed by atoms with van der Waals surface area (Å²) in [6, 6.07) is 5.97. The zero-order chi connectivity index (χ0) is 14.8. The number of hydrogen-bond acceptors (Lipinski definition) is 2. The molecule has 2 nitrogen and oxygen atoms in total. The van der Waals surface area contributed by atoms with Crippen LogP contribution in [0.1, 0.15) is 45.1 Å². The Bertz CT molecular complexity index is 423. The van der Waals surface area contributed by atoms with Crippen molar-refractivity contribution in [2.24, 2.45) is 5.92 Å². The van der Waals surface area contributed by atoms with Crippen LogP contribution in [-0.4, -0.2) is 12.6 Å². The Labute approximate surface area is 120 Å². The molecule has 1 aromatic rings. The number of carbonyl (C=O) groups excluding carboxylic acids is 1. The maximum Gasteiger partial charge on any atom is 0.330 e. The Kier molecular flexibility index (Phi) is 7.63. The van der Waals surface area contributed by atoms with Crippen molar-refractivity contribution in [2.75, 3.05) is 6.61 Å². The Morgan fingerprint density at radius 3 is 2.60 bits per heavy atom. The van der Waals surface area contributed by atoms with Crippen molar-refractivity contribution >= 4 is 12.0 Å². The Morgan fingerprint density at radius 2 is 2.00 bits per heavy atom. The minimum Gasteiger partial charge on any atom is -0.462 e. The minimum absolute atomic E-state index is 0.286. The van der Waals surface area contributed by atoms with Gasteiger partial charge in [-0.25, -0.2) is 9.18 Å². The maximum absolute atomic E-state index is 12.7. The van der Waals surface area contributed by atoms with E-state index in [1.54, 1.807) is 18.2 Å². The van der Waals surface area contributed by atoms with E-state index < -0.39 is 0 Å². The number of hydrogen-bond donors (Lipinski definition) is 0. The summed E-state index contributed by atoms with van der Waals surface area (Å²) in [4.78, 5) is 11.6. The minimum atomic E-state index is -0.343. The van der Waals surface area contributed by atoms with E-state index in [9.17, 15) is 9.18 Å². The fraction of sp³-hybridized carbons (Fsp3) is 0.471. The van der Waals surface area contributed by atoms with Gasteiger partial charge in [0.1, 0.15) is 5.82 Å². The molecule has 1 aromatic carbocycles. The van der Waals surface area contributed by atoms with Crippen LogP contribution >= 0.6 is 0 Å². The van der Waals surface area contributed by atoms with Crippen LogP contribution in [0.5, 0.6) is 0 Å². The third-order valence-electron chi connectivity index (χ3n) is 3.29. The number of carbonyl (C=O) groups is 1. The molecule has 1 unspecified atom stereocenters. The largest absolute Gasteiger partial charge is 0.462 e. The van der Waals surface area contributed by atoms with E-state index in [2.05, 4.69) is 13.8 Å². The molecule has 0 amide bonds. The SMILES string of the molecule is CCCCC(CC)COC(=O)/C=C/c1ccc(F)cc1. The number of halogens is 1. The van der Waals surface area contributed by atoms with Gasteiger partial charge in [0.25, 0.3) is 0 Å². The van der Waals surface area contributed by atoms with Gasteiger partial charge in [-0.15, -0.1) is 0 Å². The first-order valence-corrected chi connectivity index (χ1v) is 7.26. The van der Waals surface area contributed by atoms with Gasteiger partial charge in [0, 0.05) is 6.08 Å². The second-order valence-corrected chi connectivity index (χ2v) is 4.93. The molecule has 1 atom stereocenters. The number of unbranched alkanes of at least 4 members (excludes halogenated alkanes) is 1. The van der Waals surface area contributed by atoms with Gasteiger partial charge in [0.05, 0.1) is 6.61 Å². The second kappa shape index (κ2) is 9.29. The third kappa shape index (κ3) is 6.50. The summed E-state index contributed by atoms with van der Waals surface area (Å²) in [6.45, 7) is 4.75. The van der Waals surface area contributed by atoms with Gasteiger partial charge >= 0.3 is 5.97 Å². The summed E-state index contributed by atoms with van der Waals surface area (Å²) in [5.41, 5.74) is 0.779. The lowest BCUT2D eigenvalue weighted by atomic mass is 10.0. The molecule has 0 N–H and O–H groups in total. The van der Waals surface area contributed by atoms with E-state index in [1.807, 2.05) is 0 Å². The molecule has 0 spiro atoms. The van der Waals surface area contributed by atoms with E-state index >= 15 is 0 Å². The average Bonchev–Trinajstić information content (AvgIpc) is 2.47. The molecule has 20 heavy (non-hydrogen) atoms. The van der Waals surface area contributed by atoms with Crippen LogP contribution in [0.4, 0.5) is 4.39 Å². The molecule has 0 saturated carbocycles. The fourth-order valence-corrected chi connectivity index (χ4v) is 1.88. The maximum atomic E-state index is 12.7. The summed E-state index contributed by atoms with van der Waals surface area (Å²) in [6.07, 6.45) is 7.47. The number of ether oxygens (including phenoxy) is 1. The molecule has 0 aliphatic carbocycles. The first kappa shape index (κ1) is 16.4. The molecule has 0 saturated heterocycles. The van der Waals surface area contributed by atoms with Gasteiger partial charge in [-0.05, 0) is 36.1 Å². The molecule has 3 heteroatoms. The molecular weight excluding hydrogens is 255 g/mol. The first-order chi connectivity index (χ1) is 9.65. The van der Waals surface area contributed by atoms with Crippen LogP contribution in [0.3, 0.4) is 0 Å². The van der Waals surface area contributed by atoms with Crippen molar-refractivity contribution in [3.8, 4) is 0 Å². The molecule has 0 aromatic heterocycles. The monoisotopic (exact) mass is 278 g/mol. The highest BCUT2D eigenvalue weighted by Crippen LogP contribution is 2.13. The molecular formula is C17H23FO2. The lowest BCUT2D eigenvalue weighted by Crippen LogP contribution is -2.12. The summed E-state index contributed by atoms with van der Waals surface area (Å²) < 4.78 is 18.0. The summed E-state index contributed by atoms with van der Waals surface area (Å²) >= 11 is 0. The van der Waals surface area contributed by atoms with E-state index in [-0.39, 0.29) is 11.8 Å².